The molecular formula is C22H24N4O2S. The Labute approximate surface area is 174 Å². The van der Waals surface area contributed by atoms with Crippen LogP contribution in [0.5, 0.6) is 0 Å². The Kier molecular flexibility index (Phi) is 6.72. The second kappa shape index (κ2) is 9.43. The van der Waals surface area contributed by atoms with Crippen LogP contribution in [0.1, 0.15) is 24.7 Å². The molecular weight excluding hydrogens is 384 g/mol. The summed E-state index contributed by atoms with van der Waals surface area (Å²) in [6.07, 6.45) is 0.396. The Morgan fingerprint density at radius 3 is 2.34 bits per heavy atom. The summed E-state index contributed by atoms with van der Waals surface area (Å²) in [6.45, 7) is 5.33. The van der Waals surface area contributed by atoms with Crippen molar-refractivity contribution in [2.45, 2.75) is 32.1 Å². The van der Waals surface area contributed by atoms with E-state index in [4.69, 9.17) is 0 Å². The highest BCUT2D eigenvalue weighted by atomic mass is 32.2. The molecule has 1 heterocycles. The third kappa shape index (κ3) is 5.48. The lowest BCUT2D eigenvalue weighted by molar-refractivity contribution is -0.116. The molecule has 0 aliphatic rings. The fourth-order valence-electron chi connectivity index (χ4n) is 2.95. The maximum atomic E-state index is 12.4. The van der Waals surface area contributed by atoms with Gasteiger partial charge in [0, 0.05) is 29.7 Å². The van der Waals surface area contributed by atoms with Crippen LogP contribution < -0.4 is 10.6 Å². The molecule has 0 radical (unpaired) electrons. The van der Waals surface area contributed by atoms with Crippen LogP contribution in [0.25, 0.3) is 5.69 Å². The molecule has 0 spiro atoms. The summed E-state index contributed by atoms with van der Waals surface area (Å²) in [7, 11) is 0. The van der Waals surface area contributed by atoms with Crippen LogP contribution >= 0.6 is 11.8 Å². The molecule has 0 aliphatic heterocycles. The van der Waals surface area contributed by atoms with Gasteiger partial charge in [0.05, 0.1) is 22.8 Å². The number of anilines is 2. The average molecular weight is 409 g/mol. The average Bonchev–Trinajstić information content (AvgIpc) is 2.98. The molecule has 3 rings (SSSR count). The van der Waals surface area contributed by atoms with E-state index in [1.54, 1.807) is 11.8 Å². The van der Waals surface area contributed by atoms with Crippen LogP contribution in [-0.4, -0.2) is 27.3 Å². The lowest BCUT2D eigenvalue weighted by Gasteiger charge is -2.08. The van der Waals surface area contributed by atoms with E-state index in [1.165, 1.54) is 6.92 Å². The number of carbonyl (C=O) groups is 2. The fraction of sp³-hybridized carbons (Fsp3) is 0.227. The maximum Gasteiger partial charge on any atom is 0.225 e. The van der Waals surface area contributed by atoms with Crippen molar-refractivity contribution in [3.63, 3.8) is 0 Å². The predicted molar refractivity (Wildman–Crippen MR) is 118 cm³/mol. The van der Waals surface area contributed by atoms with Crippen LogP contribution in [-0.2, 0) is 9.59 Å². The van der Waals surface area contributed by atoms with Crippen molar-refractivity contribution in [2.75, 3.05) is 16.4 Å². The molecule has 0 saturated carbocycles. The van der Waals surface area contributed by atoms with Crippen molar-refractivity contribution in [1.29, 1.82) is 0 Å². The molecule has 0 saturated heterocycles. The monoisotopic (exact) mass is 408 g/mol. The third-order valence-electron chi connectivity index (χ3n) is 4.33. The highest BCUT2D eigenvalue weighted by molar-refractivity contribution is 7.99. The number of amides is 2. The highest BCUT2D eigenvalue weighted by Gasteiger charge is 2.15. The molecule has 150 valence electrons. The molecule has 2 N–H and O–H groups in total. The standard InChI is InChI=1S/C22H24N4O2S/c1-15-22(16(2)26(25-15)19-7-5-4-6-8-19)24-21(28)13-14-29-20-11-9-18(10-12-20)23-17(3)27/h4-12H,13-14H2,1-3H3,(H,23,27)(H,24,28). The number of aromatic nitrogens is 2. The van der Waals surface area contributed by atoms with Crippen LogP contribution in [0.4, 0.5) is 11.4 Å². The van der Waals surface area contributed by atoms with E-state index < -0.39 is 0 Å². The van der Waals surface area contributed by atoms with Crippen molar-refractivity contribution < 1.29 is 9.59 Å². The summed E-state index contributed by atoms with van der Waals surface area (Å²) in [5.41, 5.74) is 4.19. The molecule has 1 aromatic heterocycles. The van der Waals surface area contributed by atoms with Gasteiger partial charge >= 0.3 is 0 Å². The zero-order valence-corrected chi connectivity index (χ0v) is 17.5. The highest BCUT2D eigenvalue weighted by Crippen LogP contribution is 2.24. The SMILES string of the molecule is CC(=O)Nc1ccc(SCCC(=O)Nc2c(C)nn(-c3ccccc3)c2C)cc1. The first-order valence-corrected chi connectivity index (χ1v) is 10.3. The first-order chi connectivity index (χ1) is 13.9. The Morgan fingerprint density at radius 1 is 1.00 bits per heavy atom. The van der Waals surface area contributed by atoms with Gasteiger partial charge in [0.1, 0.15) is 0 Å². The minimum Gasteiger partial charge on any atom is -0.326 e. The van der Waals surface area contributed by atoms with Gasteiger partial charge in [-0.15, -0.1) is 11.8 Å². The Morgan fingerprint density at radius 2 is 1.69 bits per heavy atom. The molecule has 0 bridgehead atoms. The Hall–Kier alpha value is -3.06. The summed E-state index contributed by atoms with van der Waals surface area (Å²) >= 11 is 1.60. The smallest absolute Gasteiger partial charge is 0.225 e. The van der Waals surface area contributed by atoms with Gasteiger partial charge in [-0.3, -0.25) is 9.59 Å². The van der Waals surface area contributed by atoms with Crippen LogP contribution in [0, 0.1) is 13.8 Å². The normalized spacial score (nSPS) is 10.6. The summed E-state index contributed by atoms with van der Waals surface area (Å²) in [5.74, 6) is 0.533. The number of nitrogens with one attached hydrogen (secondary N) is 2. The van der Waals surface area contributed by atoms with Gasteiger partial charge < -0.3 is 10.6 Å². The Balaban J connectivity index is 1.55. The molecule has 0 aliphatic carbocycles. The summed E-state index contributed by atoms with van der Waals surface area (Å²) in [4.78, 5) is 24.5. The number of benzene rings is 2. The second-order valence-electron chi connectivity index (χ2n) is 6.65. The van der Waals surface area contributed by atoms with Crippen LogP contribution in [0.15, 0.2) is 59.5 Å². The van der Waals surface area contributed by atoms with Gasteiger partial charge in [-0.05, 0) is 50.2 Å². The first-order valence-electron chi connectivity index (χ1n) is 9.36. The van der Waals surface area contributed by atoms with E-state index >= 15 is 0 Å². The topological polar surface area (TPSA) is 76.0 Å². The number of carbonyl (C=O) groups excluding carboxylic acids is 2. The van der Waals surface area contributed by atoms with E-state index in [9.17, 15) is 9.59 Å². The number of hydrogen-bond donors (Lipinski definition) is 2. The number of para-hydroxylation sites is 1. The lowest BCUT2D eigenvalue weighted by Crippen LogP contribution is -2.13. The quantitative estimate of drug-likeness (QED) is 0.562. The summed E-state index contributed by atoms with van der Waals surface area (Å²) < 4.78 is 1.84. The number of hydrogen-bond acceptors (Lipinski definition) is 4. The summed E-state index contributed by atoms with van der Waals surface area (Å²) in [6, 6.07) is 17.4. The number of nitrogens with zero attached hydrogens (tertiary/aromatic N) is 2. The van der Waals surface area contributed by atoms with Crippen molar-refractivity contribution in [2.24, 2.45) is 0 Å². The van der Waals surface area contributed by atoms with E-state index in [1.807, 2.05) is 73.1 Å². The molecule has 0 atom stereocenters. The van der Waals surface area contributed by atoms with Gasteiger partial charge in [-0.1, -0.05) is 18.2 Å². The zero-order valence-electron chi connectivity index (χ0n) is 16.7. The van der Waals surface area contributed by atoms with Gasteiger partial charge in [0.15, 0.2) is 0 Å². The van der Waals surface area contributed by atoms with E-state index in [-0.39, 0.29) is 11.8 Å². The summed E-state index contributed by atoms with van der Waals surface area (Å²) in [5, 5.41) is 10.3. The van der Waals surface area contributed by atoms with Gasteiger partial charge in [0.25, 0.3) is 0 Å². The predicted octanol–water partition coefficient (Wildman–Crippen LogP) is 4.57. The third-order valence-corrected chi connectivity index (χ3v) is 5.34. The molecule has 7 heteroatoms. The number of thioether (sulfide) groups is 1. The zero-order chi connectivity index (χ0) is 20.8. The fourth-order valence-corrected chi connectivity index (χ4v) is 3.80. The van der Waals surface area contributed by atoms with Crippen LogP contribution in [0.2, 0.25) is 0 Å². The molecule has 0 fully saturated rings. The molecule has 6 nitrogen and oxygen atoms in total. The van der Waals surface area contributed by atoms with Gasteiger partial charge in [-0.2, -0.15) is 5.10 Å². The van der Waals surface area contributed by atoms with Crippen molar-refractivity contribution in [1.82, 2.24) is 9.78 Å². The lowest BCUT2D eigenvalue weighted by atomic mass is 10.3. The van der Waals surface area contributed by atoms with E-state index in [2.05, 4.69) is 15.7 Å². The minimum absolute atomic E-state index is 0.0359. The van der Waals surface area contributed by atoms with Gasteiger partial charge in [-0.25, -0.2) is 4.68 Å². The number of aryl methyl sites for hydroxylation is 1. The van der Waals surface area contributed by atoms with Crippen molar-refractivity contribution in [3.8, 4) is 5.69 Å². The molecule has 2 aromatic carbocycles. The second-order valence-corrected chi connectivity index (χ2v) is 7.81. The maximum absolute atomic E-state index is 12.4. The van der Waals surface area contributed by atoms with E-state index in [0.29, 0.717) is 12.2 Å². The van der Waals surface area contributed by atoms with Crippen molar-refractivity contribution >= 4 is 35.0 Å². The molecule has 0 unspecified atom stereocenters. The first kappa shape index (κ1) is 20.7. The van der Waals surface area contributed by atoms with E-state index in [0.717, 1.165) is 33.3 Å². The minimum atomic E-state index is -0.0942. The van der Waals surface area contributed by atoms with Crippen LogP contribution in [0.3, 0.4) is 0 Å². The molecule has 2 amide bonds. The van der Waals surface area contributed by atoms with Crippen molar-refractivity contribution in [3.05, 3.63) is 66.0 Å². The molecule has 3 aromatic rings. The largest absolute Gasteiger partial charge is 0.326 e. The number of rotatable bonds is 7. The Bertz CT molecular complexity index is 998. The van der Waals surface area contributed by atoms with Gasteiger partial charge in [0.2, 0.25) is 11.8 Å². The molecule has 29 heavy (non-hydrogen) atoms.